The number of carbonyl (C=O) groups is 1. The largest absolute Gasteiger partial charge is 0.497 e. The zero-order valence-electron chi connectivity index (χ0n) is 18.3. The Morgan fingerprint density at radius 2 is 1.76 bits per heavy atom. The van der Waals surface area contributed by atoms with Gasteiger partial charge in [-0.05, 0) is 54.4 Å². The predicted molar refractivity (Wildman–Crippen MR) is 129 cm³/mol. The lowest BCUT2D eigenvalue weighted by Crippen LogP contribution is -2.33. The van der Waals surface area contributed by atoms with Crippen LogP contribution in [0, 0.1) is 5.82 Å². The van der Waals surface area contributed by atoms with Crippen molar-refractivity contribution in [2.45, 2.75) is 6.42 Å². The lowest BCUT2D eigenvalue weighted by Gasteiger charge is -2.20. The van der Waals surface area contributed by atoms with Gasteiger partial charge in [0.15, 0.2) is 5.13 Å². The molecule has 0 saturated heterocycles. The summed E-state index contributed by atoms with van der Waals surface area (Å²) in [5.74, 6) is 0.727. The van der Waals surface area contributed by atoms with Gasteiger partial charge < -0.3 is 9.47 Å². The molecule has 0 aliphatic rings. The molecule has 0 saturated carbocycles. The molecule has 0 aliphatic carbocycles. The Morgan fingerprint density at radius 3 is 2.45 bits per heavy atom. The molecule has 0 radical (unpaired) electrons. The fourth-order valence-electron chi connectivity index (χ4n) is 3.44. The Morgan fingerprint density at radius 1 is 1.00 bits per heavy atom. The smallest absolute Gasteiger partial charge is 0.260 e. The van der Waals surface area contributed by atoms with Gasteiger partial charge >= 0.3 is 0 Å². The third-order valence-electron chi connectivity index (χ3n) is 5.21. The molecular formula is C26H23FN2O3S. The second kappa shape index (κ2) is 10.3. The molecule has 0 unspecified atom stereocenters. The minimum Gasteiger partial charge on any atom is -0.497 e. The highest BCUT2D eigenvalue weighted by atomic mass is 32.1. The summed E-state index contributed by atoms with van der Waals surface area (Å²) >= 11 is 1.37. The number of hydrogen-bond acceptors (Lipinski definition) is 5. The van der Waals surface area contributed by atoms with Gasteiger partial charge in [-0.15, -0.1) is 11.3 Å². The summed E-state index contributed by atoms with van der Waals surface area (Å²) in [6.07, 6.45) is 0.658. The first kappa shape index (κ1) is 22.5. The molecule has 3 aromatic carbocycles. The molecule has 4 rings (SSSR count). The van der Waals surface area contributed by atoms with Crippen molar-refractivity contribution in [1.29, 1.82) is 0 Å². The summed E-state index contributed by atoms with van der Waals surface area (Å²) in [4.78, 5) is 19.8. The molecule has 1 aromatic heterocycles. The normalized spacial score (nSPS) is 10.6. The second-order valence-corrected chi connectivity index (χ2v) is 8.12. The first-order valence-corrected chi connectivity index (χ1v) is 11.3. The van der Waals surface area contributed by atoms with Gasteiger partial charge in [0.1, 0.15) is 17.3 Å². The van der Waals surface area contributed by atoms with E-state index in [-0.39, 0.29) is 11.7 Å². The highest BCUT2D eigenvalue weighted by molar-refractivity contribution is 7.14. The molecule has 0 atom stereocenters. The Kier molecular flexibility index (Phi) is 7.00. The first-order chi connectivity index (χ1) is 16.1. The number of anilines is 1. The van der Waals surface area contributed by atoms with E-state index in [1.165, 1.54) is 35.6 Å². The van der Waals surface area contributed by atoms with E-state index in [0.29, 0.717) is 40.9 Å². The van der Waals surface area contributed by atoms with Gasteiger partial charge in [0, 0.05) is 23.1 Å². The van der Waals surface area contributed by atoms with Crippen LogP contribution in [0.15, 0.2) is 78.2 Å². The summed E-state index contributed by atoms with van der Waals surface area (Å²) in [6.45, 7) is 0.433. The molecule has 168 valence electrons. The second-order valence-electron chi connectivity index (χ2n) is 7.28. The average Bonchev–Trinajstić information content (AvgIpc) is 3.34. The van der Waals surface area contributed by atoms with Crippen LogP contribution in [0.1, 0.15) is 15.9 Å². The highest BCUT2D eigenvalue weighted by Crippen LogP contribution is 2.36. The summed E-state index contributed by atoms with van der Waals surface area (Å²) < 4.78 is 24.3. The number of rotatable bonds is 8. The van der Waals surface area contributed by atoms with E-state index in [0.717, 1.165) is 11.1 Å². The Bertz CT molecular complexity index is 1230. The van der Waals surface area contributed by atoms with Crippen LogP contribution < -0.4 is 14.4 Å². The summed E-state index contributed by atoms with van der Waals surface area (Å²) in [5, 5.41) is 2.44. The van der Waals surface area contributed by atoms with E-state index in [1.54, 1.807) is 19.1 Å². The van der Waals surface area contributed by atoms with Crippen molar-refractivity contribution in [1.82, 2.24) is 4.98 Å². The lowest BCUT2D eigenvalue weighted by molar-refractivity contribution is 0.0987. The topological polar surface area (TPSA) is 51.7 Å². The quantitative estimate of drug-likeness (QED) is 0.329. The van der Waals surface area contributed by atoms with Gasteiger partial charge in [0.05, 0.1) is 19.9 Å². The number of hydrogen-bond donors (Lipinski definition) is 0. The van der Waals surface area contributed by atoms with E-state index < -0.39 is 0 Å². The molecule has 7 heteroatoms. The van der Waals surface area contributed by atoms with Crippen molar-refractivity contribution in [3.63, 3.8) is 0 Å². The third kappa shape index (κ3) is 5.21. The maximum Gasteiger partial charge on any atom is 0.260 e. The van der Waals surface area contributed by atoms with E-state index in [1.807, 2.05) is 53.9 Å². The number of nitrogens with zero attached hydrogens (tertiary/aromatic N) is 2. The zero-order valence-corrected chi connectivity index (χ0v) is 19.1. The number of halogens is 1. The van der Waals surface area contributed by atoms with Gasteiger partial charge in [-0.2, -0.15) is 0 Å². The number of thiazole rings is 1. The SMILES string of the molecule is COc1ccc(OC)c(-c2csc(N(CCc3ccccc3)C(=O)c3ccc(F)cc3)n2)c1. The lowest BCUT2D eigenvalue weighted by atomic mass is 10.1. The van der Waals surface area contributed by atoms with Crippen molar-refractivity contribution < 1.29 is 18.7 Å². The molecule has 0 aliphatic heterocycles. The van der Waals surface area contributed by atoms with Crippen molar-refractivity contribution in [2.75, 3.05) is 25.7 Å². The summed E-state index contributed by atoms with van der Waals surface area (Å²) in [7, 11) is 3.20. The number of methoxy groups -OCH3 is 2. The van der Waals surface area contributed by atoms with Gasteiger partial charge in [-0.3, -0.25) is 9.69 Å². The van der Waals surface area contributed by atoms with Gasteiger partial charge in [-0.1, -0.05) is 30.3 Å². The fraction of sp³-hybridized carbons (Fsp3) is 0.154. The highest BCUT2D eigenvalue weighted by Gasteiger charge is 2.22. The average molecular weight is 463 g/mol. The Labute approximate surface area is 196 Å². The number of carbonyl (C=O) groups excluding carboxylic acids is 1. The van der Waals surface area contributed by atoms with Crippen LogP contribution in [-0.2, 0) is 6.42 Å². The van der Waals surface area contributed by atoms with E-state index in [4.69, 9.17) is 14.5 Å². The van der Waals surface area contributed by atoms with Crippen LogP contribution in [0.4, 0.5) is 9.52 Å². The Balaban J connectivity index is 1.68. The minimum atomic E-state index is -0.385. The molecule has 0 bridgehead atoms. The van der Waals surface area contributed by atoms with Gasteiger partial charge in [0.25, 0.3) is 5.91 Å². The van der Waals surface area contributed by atoms with Crippen LogP contribution in [-0.4, -0.2) is 31.7 Å². The maximum absolute atomic E-state index is 13.4. The van der Waals surface area contributed by atoms with Gasteiger partial charge in [0.2, 0.25) is 0 Å². The number of ether oxygens (including phenoxy) is 2. The maximum atomic E-state index is 13.4. The van der Waals surface area contributed by atoms with Crippen LogP contribution in [0.5, 0.6) is 11.5 Å². The molecule has 0 fully saturated rings. The van der Waals surface area contributed by atoms with Crippen molar-refractivity contribution in [3.8, 4) is 22.8 Å². The van der Waals surface area contributed by atoms with Crippen molar-refractivity contribution >= 4 is 22.4 Å². The molecule has 5 nitrogen and oxygen atoms in total. The van der Waals surface area contributed by atoms with E-state index in [9.17, 15) is 9.18 Å². The minimum absolute atomic E-state index is 0.232. The molecule has 1 heterocycles. The monoisotopic (exact) mass is 462 g/mol. The van der Waals surface area contributed by atoms with Crippen LogP contribution >= 0.6 is 11.3 Å². The fourth-order valence-corrected chi connectivity index (χ4v) is 4.29. The molecule has 1 amide bonds. The van der Waals surface area contributed by atoms with Crippen LogP contribution in [0.2, 0.25) is 0 Å². The molecule has 33 heavy (non-hydrogen) atoms. The predicted octanol–water partition coefficient (Wildman–Crippen LogP) is 5.86. The van der Waals surface area contributed by atoms with Crippen LogP contribution in [0.3, 0.4) is 0 Å². The third-order valence-corrected chi connectivity index (χ3v) is 6.07. The van der Waals surface area contributed by atoms with Gasteiger partial charge in [-0.25, -0.2) is 9.37 Å². The number of aromatic nitrogens is 1. The standard InChI is InChI=1S/C26H23FN2O3S/c1-31-21-12-13-24(32-2)22(16-21)23-17-33-26(28-23)29(15-14-18-6-4-3-5-7-18)25(30)19-8-10-20(27)11-9-19/h3-13,16-17H,14-15H2,1-2H3. The molecular weight excluding hydrogens is 439 g/mol. The Hall–Kier alpha value is -3.71. The number of amides is 1. The van der Waals surface area contributed by atoms with E-state index >= 15 is 0 Å². The van der Waals surface area contributed by atoms with E-state index in [2.05, 4.69) is 0 Å². The van der Waals surface area contributed by atoms with Crippen LogP contribution in [0.25, 0.3) is 11.3 Å². The summed E-state index contributed by atoms with van der Waals surface area (Å²) in [6, 6.07) is 21.0. The number of benzene rings is 3. The molecule has 0 spiro atoms. The molecule has 0 N–H and O–H groups in total. The molecule has 4 aromatic rings. The van der Waals surface area contributed by atoms with Crippen molar-refractivity contribution in [2.24, 2.45) is 0 Å². The zero-order chi connectivity index (χ0) is 23.2. The van der Waals surface area contributed by atoms with Crippen molar-refractivity contribution in [3.05, 3.63) is 95.1 Å². The summed E-state index contributed by atoms with van der Waals surface area (Å²) in [5.41, 5.74) is 2.97. The first-order valence-electron chi connectivity index (χ1n) is 10.4.